The van der Waals surface area contributed by atoms with E-state index in [0.717, 1.165) is 6.42 Å². The molecule has 0 aromatic heterocycles. The second kappa shape index (κ2) is 7.24. The Hall–Kier alpha value is -1.12. The normalized spacial score (nSPS) is 12.7. The molecule has 21 heavy (non-hydrogen) atoms. The van der Waals surface area contributed by atoms with Crippen LogP contribution in [0.15, 0.2) is 46.9 Å². The first-order valence-corrected chi connectivity index (χ1v) is 8.32. The highest BCUT2D eigenvalue weighted by molar-refractivity contribution is 9.10. The fourth-order valence-corrected chi connectivity index (χ4v) is 3.10. The molecule has 0 amide bonds. The molecule has 0 aliphatic rings. The highest BCUT2D eigenvalue weighted by Crippen LogP contribution is 2.27. The van der Waals surface area contributed by atoms with Crippen LogP contribution in [-0.4, -0.2) is 7.05 Å². The van der Waals surface area contributed by atoms with E-state index in [4.69, 9.17) is 0 Å². The van der Waals surface area contributed by atoms with Crippen LogP contribution in [0, 0.1) is 6.92 Å². The van der Waals surface area contributed by atoms with Crippen molar-refractivity contribution >= 4 is 15.9 Å². The summed E-state index contributed by atoms with van der Waals surface area (Å²) in [4.78, 5) is 0. The molecule has 1 N–H and O–H groups in total. The van der Waals surface area contributed by atoms with E-state index in [0.29, 0.717) is 12.0 Å². The first kappa shape index (κ1) is 16.3. The molecule has 0 aliphatic carbocycles. The molecule has 0 fully saturated rings. The SMILES string of the molecule is CNC(Cc1ccc(C(C)C)cc1)c1cc(C)ccc1Br. The van der Waals surface area contributed by atoms with Gasteiger partial charge < -0.3 is 5.32 Å². The molecule has 0 spiro atoms. The molecule has 112 valence electrons. The van der Waals surface area contributed by atoms with Gasteiger partial charge in [0, 0.05) is 10.5 Å². The van der Waals surface area contributed by atoms with E-state index in [-0.39, 0.29) is 0 Å². The second-order valence-electron chi connectivity index (χ2n) is 5.97. The van der Waals surface area contributed by atoms with Gasteiger partial charge in [0.2, 0.25) is 0 Å². The summed E-state index contributed by atoms with van der Waals surface area (Å²) in [5.74, 6) is 0.588. The van der Waals surface area contributed by atoms with E-state index in [1.165, 1.54) is 26.7 Å². The van der Waals surface area contributed by atoms with Crippen LogP contribution in [0.25, 0.3) is 0 Å². The fraction of sp³-hybridized carbons (Fsp3) is 0.368. The third-order valence-electron chi connectivity index (χ3n) is 3.96. The first-order chi connectivity index (χ1) is 10.0. The number of hydrogen-bond acceptors (Lipinski definition) is 1. The molecule has 2 heteroatoms. The lowest BCUT2D eigenvalue weighted by Crippen LogP contribution is -2.19. The predicted molar refractivity (Wildman–Crippen MR) is 94.9 cm³/mol. The molecule has 0 heterocycles. The Kier molecular flexibility index (Phi) is 5.60. The molecule has 0 bridgehead atoms. The number of nitrogens with one attached hydrogen (secondary N) is 1. The maximum atomic E-state index is 3.68. The van der Waals surface area contributed by atoms with E-state index in [2.05, 4.69) is 84.5 Å². The van der Waals surface area contributed by atoms with Gasteiger partial charge in [0.1, 0.15) is 0 Å². The van der Waals surface area contributed by atoms with Crippen LogP contribution < -0.4 is 5.32 Å². The van der Waals surface area contributed by atoms with Gasteiger partial charge in [0.05, 0.1) is 0 Å². The lowest BCUT2D eigenvalue weighted by atomic mass is 9.95. The Bertz CT molecular complexity index is 587. The lowest BCUT2D eigenvalue weighted by molar-refractivity contribution is 0.589. The summed E-state index contributed by atoms with van der Waals surface area (Å²) in [7, 11) is 2.03. The summed E-state index contributed by atoms with van der Waals surface area (Å²) in [5.41, 5.74) is 5.39. The molecule has 0 radical (unpaired) electrons. The Balaban J connectivity index is 2.20. The Morgan fingerprint density at radius 1 is 1.05 bits per heavy atom. The maximum absolute atomic E-state index is 3.68. The van der Waals surface area contributed by atoms with Crippen LogP contribution in [0.5, 0.6) is 0 Å². The van der Waals surface area contributed by atoms with Crippen molar-refractivity contribution in [3.8, 4) is 0 Å². The fourth-order valence-electron chi connectivity index (χ4n) is 2.57. The molecule has 0 saturated carbocycles. The van der Waals surface area contributed by atoms with Gasteiger partial charge in [-0.3, -0.25) is 0 Å². The summed E-state index contributed by atoms with van der Waals surface area (Å²) in [6, 6.07) is 15.9. The molecular formula is C19H24BrN. The Morgan fingerprint density at radius 3 is 2.29 bits per heavy atom. The molecule has 2 aromatic carbocycles. The highest BCUT2D eigenvalue weighted by Gasteiger charge is 2.13. The molecule has 0 saturated heterocycles. The third kappa shape index (κ3) is 4.18. The predicted octanol–water partition coefficient (Wildman–Crippen LogP) is 5.38. The third-order valence-corrected chi connectivity index (χ3v) is 4.68. The van der Waals surface area contributed by atoms with Gasteiger partial charge in [0.15, 0.2) is 0 Å². The van der Waals surface area contributed by atoms with Gasteiger partial charge in [-0.1, -0.05) is 71.7 Å². The van der Waals surface area contributed by atoms with Gasteiger partial charge in [-0.2, -0.15) is 0 Å². The van der Waals surface area contributed by atoms with E-state index in [1.807, 2.05) is 7.05 Å². The summed E-state index contributed by atoms with van der Waals surface area (Å²) < 4.78 is 1.17. The minimum atomic E-state index is 0.323. The summed E-state index contributed by atoms with van der Waals surface area (Å²) in [6.07, 6.45) is 0.997. The van der Waals surface area contributed by atoms with Crippen molar-refractivity contribution in [3.63, 3.8) is 0 Å². The number of aryl methyl sites for hydroxylation is 1. The van der Waals surface area contributed by atoms with Crippen molar-refractivity contribution in [1.29, 1.82) is 0 Å². The van der Waals surface area contributed by atoms with Crippen LogP contribution in [0.1, 0.15) is 48.1 Å². The summed E-state index contributed by atoms with van der Waals surface area (Å²) >= 11 is 3.68. The Labute approximate surface area is 136 Å². The minimum Gasteiger partial charge on any atom is -0.313 e. The zero-order valence-electron chi connectivity index (χ0n) is 13.3. The average molecular weight is 346 g/mol. The van der Waals surface area contributed by atoms with Crippen molar-refractivity contribution in [3.05, 3.63) is 69.2 Å². The van der Waals surface area contributed by atoms with Crippen molar-refractivity contribution in [1.82, 2.24) is 5.32 Å². The van der Waals surface area contributed by atoms with Crippen molar-refractivity contribution in [2.75, 3.05) is 7.05 Å². The van der Waals surface area contributed by atoms with Crippen molar-refractivity contribution in [2.45, 2.75) is 39.2 Å². The monoisotopic (exact) mass is 345 g/mol. The molecule has 2 aromatic rings. The van der Waals surface area contributed by atoms with Crippen LogP contribution in [0.3, 0.4) is 0 Å². The van der Waals surface area contributed by atoms with E-state index in [1.54, 1.807) is 0 Å². The number of benzene rings is 2. The van der Waals surface area contributed by atoms with Crippen molar-refractivity contribution < 1.29 is 0 Å². The molecule has 1 nitrogen and oxygen atoms in total. The number of likely N-dealkylation sites (N-methyl/N-ethyl adjacent to an activating group) is 1. The van der Waals surface area contributed by atoms with Crippen LogP contribution in [0.4, 0.5) is 0 Å². The number of halogens is 1. The van der Waals surface area contributed by atoms with Crippen LogP contribution in [0.2, 0.25) is 0 Å². The average Bonchev–Trinajstić information content (AvgIpc) is 2.48. The summed E-state index contributed by atoms with van der Waals surface area (Å²) in [5, 5.41) is 3.44. The number of hydrogen-bond donors (Lipinski definition) is 1. The molecular weight excluding hydrogens is 322 g/mol. The molecule has 1 atom stereocenters. The van der Waals surface area contributed by atoms with Gasteiger partial charge >= 0.3 is 0 Å². The van der Waals surface area contributed by atoms with E-state index >= 15 is 0 Å². The molecule has 0 aliphatic heterocycles. The topological polar surface area (TPSA) is 12.0 Å². The molecule has 1 unspecified atom stereocenters. The molecule has 2 rings (SSSR count). The van der Waals surface area contributed by atoms with Gasteiger partial charge in [-0.15, -0.1) is 0 Å². The maximum Gasteiger partial charge on any atom is 0.0369 e. The van der Waals surface area contributed by atoms with Crippen molar-refractivity contribution in [2.24, 2.45) is 0 Å². The van der Waals surface area contributed by atoms with Gasteiger partial charge in [-0.05, 0) is 49.1 Å². The van der Waals surface area contributed by atoms with E-state index < -0.39 is 0 Å². The zero-order chi connectivity index (χ0) is 15.4. The zero-order valence-corrected chi connectivity index (χ0v) is 14.9. The van der Waals surface area contributed by atoms with E-state index in [9.17, 15) is 0 Å². The smallest absolute Gasteiger partial charge is 0.0369 e. The van der Waals surface area contributed by atoms with Crippen LogP contribution in [-0.2, 0) is 6.42 Å². The van der Waals surface area contributed by atoms with Gasteiger partial charge in [-0.25, -0.2) is 0 Å². The minimum absolute atomic E-state index is 0.323. The quantitative estimate of drug-likeness (QED) is 0.766. The Morgan fingerprint density at radius 2 is 1.71 bits per heavy atom. The number of rotatable bonds is 5. The summed E-state index contributed by atoms with van der Waals surface area (Å²) in [6.45, 7) is 6.60. The lowest BCUT2D eigenvalue weighted by Gasteiger charge is -2.19. The highest BCUT2D eigenvalue weighted by atomic mass is 79.9. The van der Waals surface area contributed by atoms with Gasteiger partial charge in [0.25, 0.3) is 0 Å². The largest absolute Gasteiger partial charge is 0.313 e. The second-order valence-corrected chi connectivity index (χ2v) is 6.82. The standard InChI is InChI=1S/C19H24BrN/c1-13(2)16-8-6-15(7-9-16)12-19(21-4)17-11-14(3)5-10-18(17)20/h5-11,13,19,21H,12H2,1-4H3. The van der Waals surface area contributed by atoms with Crippen LogP contribution >= 0.6 is 15.9 Å². The first-order valence-electron chi connectivity index (χ1n) is 7.53.